The Morgan fingerprint density at radius 3 is 2.80 bits per heavy atom. The first-order chi connectivity index (χ1) is 9.27. The molecular formula is C14H20ClN3OS. The van der Waals surface area contributed by atoms with E-state index in [2.05, 4.69) is 29.1 Å². The highest BCUT2D eigenvalue weighted by atomic mass is 35.5. The molecule has 110 valence electrons. The minimum Gasteiger partial charge on any atom is -0.388 e. The smallest absolute Gasteiger partial charge is 0.225 e. The van der Waals surface area contributed by atoms with Crippen molar-refractivity contribution < 1.29 is 5.11 Å². The summed E-state index contributed by atoms with van der Waals surface area (Å²) in [5, 5.41) is 14.7. The molecule has 0 aliphatic rings. The van der Waals surface area contributed by atoms with Crippen molar-refractivity contribution in [2.45, 2.75) is 39.7 Å². The van der Waals surface area contributed by atoms with Crippen LogP contribution in [0.2, 0.25) is 5.28 Å². The molecule has 0 bridgehead atoms. The van der Waals surface area contributed by atoms with Crippen molar-refractivity contribution in [3.63, 3.8) is 0 Å². The van der Waals surface area contributed by atoms with E-state index in [1.807, 2.05) is 19.9 Å². The van der Waals surface area contributed by atoms with E-state index in [9.17, 15) is 5.11 Å². The highest BCUT2D eigenvalue weighted by Crippen LogP contribution is 2.30. The van der Waals surface area contributed by atoms with Gasteiger partial charge in [-0.2, -0.15) is 0 Å². The summed E-state index contributed by atoms with van der Waals surface area (Å²) in [6, 6.07) is 2.04. The Bertz CT molecular complexity index is 610. The lowest BCUT2D eigenvalue weighted by molar-refractivity contribution is 0.0515. The average Bonchev–Trinajstić information content (AvgIpc) is 2.64. The molecule has 1 atom stereocenters. The number of aryl methyl sites for hydroxylation is 1. The fraction of sp³-hybridized carbons (Fsp3) is 0.571. The molecule has 2 aromatic heterocycles. The molecule has 2 N–H and O–H groups in total. The third-order valence-corrected chi connectivity index (χ3v) is 4.09. The van der Waals surface area contributed by atoms with Crippen molar-refractivity contribution in [2.75, 3.05) is 11.9 Å². The minimum absolute atomic E-state index is 0.227. The molecule has 1 unspecified atom stereocenters. The summed E-state index contributed by atoms with van der Waals surface area (Å²) in [7, 11) is 0. The maximum atomic E-state index is 10.4. The quantitative estimate of drug-likeness (QED) is 0.823. The van der Waals surface area contributed by atoms with Crippen molar-refractivity contribution in [3.8, 4) is 0 Å². The van der Waals surface area contributed by atoms with Gasteiger partial charge in [-0.15, -0.1) is 11.3 Å². The van der Waals surface area contributed by atoms with E-state index >= 15 is 0 Å². The first kappa shape index (κ1) is 15.5. The molecule has 0 radical (unpaired) electrons. The van der Waals surface area contributed by atoms with E-state index in [1.54, 1.807) is 11.3 Å². The van der Waals surface area contributed by atoms with Gasteiger partial charge in [0.25, 0.3) is 0 Å². The predicted molar refractivity (Wildman–Crippen MR) is 85.7 cm³/mol. The van der Waals surface area contributed by atoms with E-state index in [1.165, 1.54) is 0 Å². The Hall–Kier alpha value is -0.910. The second-order valence-corrected chi connectivity index (χ2v) is 7.44. The lowest BCUT2D eigenvalue weighted by Gasteiger charge is -2.26. The van der Waals surface area contributed by atoms with Crippen LogP contribution < -0.4 is 5.32 Å². The van der Waals surface area contributed by atoms with Crippen LogP contribution in [0.4, 0.5) is 5.82 Å². The molecule has 0 aliphatic heterocycles. The molecule has 0 amide bonds. The van der Waals surface area contributed by atoms with Crippen LogP contribution in [0, 0.1) is 12.8 Å². The van der Waals surface area contributed by atoms with Gasteiger partial charge < -0.3 is 10.4 Å². The summed E-state index contributed by atoms with van der Waals surface area (Å²) in [6.07, 6.45) is 0.727. The van der Waals surface area contributed by atoms with Gasteiger partial charge in [0.05, 0.1) is 11.0 Å². The molecule has 0 aliphatic carbocycles. The largest absolute Gasteiger partial charge is 0.388 e. The van der Waals surface area contributed by atoms with Crippen molar-refractivity contribution in [1.29, 1.82) is 0 Å². The monoisotopic (exact) mass is 313 g/mol. The summed E-state index contributed by atoms with van der Waals surface area (Å²) in [5.74, 6) is 1.12. The average molecular weight is 314 g/mol. The molecule has 0 spiro atoms. The molecule has 20 heavy (non-hydrogen) atoms. The van der Waals surface area contributed by atoms with E-state index in [4.69, 9.17) is 11.6 Å². The van der Waals surface area contributed by atoms with Gasteiger partial charge in [0, 0.05) is 11.4 Å². The van der Waals surface area contributed by atoms with E-state index < -0.39 is 5.60 Å². The van der Waals surface area contributed by atoms with Crippen LogP contribution in [-0.4, -0.2) is 27.2 Å². The second-order valence-electron chi connectivity index (χ2n) is 5.87. The van der Waals surface area contributed by atoms with Gasteiger partial charge in [0.1, 0.15) is 10.6 Å². The Labute approximate surface area is 128 Å². The Morgan fingerprint density at radius 2 is 2.15 bits per heavy atom. The SMILES string of the molecule is Cc1cc2c(NCC(C)(O)CC(C)C)nc(Cl)nc2s1. The van der Waals surface area contributed by atoms with Crippen LogP contribution in [0.15, 0.2) is 6.07 Å². The first-order valence-electron chi connectivity index (χ1n) is 6.67. The zero-order chi connectivity index (χ0) is 14.9. The third-order valence-electron chi connectivity index (χ3n) is 2.97. The number of thiophene rings is 1. The number of aliphatic hydroxyl groups is 1. The molecule has 4 nitrogen and oxygen atoms in total. The molecule has 6 heteroatoms. The van der Waals surface area contributed by atoms with Crippen molar-refractivity contribution in [3.05, 3.63) is 16.2 Å². The number of fused-ring (bicyclic) bond motifs is 1. The van der Waals surface area contributed by atoms with Gasteiger partial charge >= 0.3 is 0 Å². The molecule has 2 aromatic rings. The number of hydrogen-bond donors (Lipinski definition) is 2. The van der Waals surface area contributed by atoms with E-state index in [0.717, 1.165) is 21.5 Å². The summed E-state index contributed by atoms with van der Waals surface area (Å²) in [4.78, 5) is 10.5. The van der Waals surface area contributed by atoms with Gasteiger partial charge in [-0.3, -0.25) is 0 Å². The van der Waals surface area contributed by atoms with Crippen molar-refractivity contribution >= 4 is 39.0 Å². The van der Waals surface area contributed by atoms with Crippen LogP contribution in [-0.2, 0) is 0 Å². The highest BCUT2D eigenvalue weighted by molar-refractivity contribution is 7.18. The van der Waals surface area contributed by atoms with Crippen LogP contribution >= 0.6 is 22.9 Å². The number of nitrogens with zero attached hydrogens (tertiary/aromatic N) is 2. The lowest BCUT2D eigenvalue weighted by Crippen LogP contribution is -2.35. The van der Waals surface area contributed by atoms with Gasteiger partial charge in [-0.25, -0.2) is 9.97 Å². The highest BCUT2D eigenvalue weighted by Gasteiger charge is 2.22. The second kappa shape index (κ2) is 5.84. The van der Waals surface area contributed by atoms with Gasteiger partial charge in [0.15, 0.2) is 0 Å². The molecule has 0 aromatic carbocycles. The number of nitrogens with one attached hydrogen (secondary N) is 1. The fourth-order valence-electron chi connectivity index (χ4n) is 2.38. The van der Waals surface area contributed by atoms with Gasteiger partial charge in [-0.1, -0.05) is 13.8 Å². The zero-order valence-electron chi connectivity index (χ0n) is 12.2. The number of anilines is 1. The molecule has 0 fully saturated rings. The van der Waals surface area contributed by atoms with Crippen LogP contribution in [0.5, 0.6) is 0 Å². The Balaban J connectivity index is 2.21. The summed E-state index contributed by atoms with van der Waals surface area (Å²) >= 11 is 7.54. The summed E-state index contributed by atoms with van der Waals surface area (Å²) < 4.78 is 0. The van der Waals surface area contributed by atoms with Crippen LogP contribution in [0.3, 0.4) is 0 Å². The minimum atomic E-state index is -0.775. The first-order valence-corrected chi connectivity index (χ1v) is 7.86. The number of aromatic nitrogens is 2. The normalized spacial score (nSPS) is 14.8. The summed E-state index contributed by atoms with van der Waals surface area (Å²) in [5.41, 5.74) is -0.775. The van der Waals surface area contributed by atoms with E-state index in [0.29, 0.717) is 18.3 Å². The maximum Gasteiger partial charge on any atom is 0.225 e. The molecule has 2 heterocycles. The number of halogens is 1. The predicted octanol–water partition coefficient (Wildman–Crippen LogP) is 3.86. The van der Waals surface area contributed by atoms with Crippen LogP contribution in [0.1, 0.15) is 32.1 Å². The number of rotatable bonds is 5. The van der Waals surface area contributed by atoms with Gasteiger partial charge in [0.2, 0.25) is 5.28 Å². The molecule has 0 saturated carbocycles. The Morgan fingerprint density at radius 1 is 1.45 bits per heavy atom. The number of hydrogen-bond acceptors (Lipinski definition) is 5. The van der Waals surface area contributed by atoms with Crippen molar-refractivity contribution in [2.24, 2.45) is 5.92 Å². The molecular weight excluding hydrogens is 294 g/mol. The molecule has 0 saturated heterocycles. The third kappa shape index (κ3) is 3.81. The fourth-order valence-corrected chi connectivity index (χ4v) is 3.48. The standard InChI is InChI=1S/C14H20ClN3OS/c1-8(2)6-14(4,19)7-16-11-10-5-9(3)20-12(10)18-13(15)17-11/h5,8,19H,6-7H2,1-4H3,(H,16,17,18). The maximum absolute atomic E-state index is 10.4. The van der Waals surface area contributed by atoms with Crippen molar-refractivity contribution in [1.82, 2.24) is 9.97 Å². The van der Waals surface area contributed by atoms with Gasteiger partial charge in [-0.05, 0) is 43.9 Å². The summed E-state index contributed by atoms with van der Waals surface area (Å²) in [6.45, 7) is 8.48. The zero-order valence-corrected chi connectivity index (χ0v) is 13.8. The lowest BCUT2D eigenvalue weighted by atomic mass is 9.94. The van der Waals surface area contributed by atoms with Crippen LogP contribution in [0.25, 0.3) is 10.2 Å². The topological polar surface area (TPSA) is 58.0 Å². The van der Waals surface area contributed by atoms with E-state index in [-0.39, 0.29) is 5.28 Å². The Kier molecular flexibility index (Phi) is 4.52. The molecule has 2 rings (SSSR count).